The van der Waals surface area contributed by atoms with Crippen molar-refractivity contribution in [2.45, 2.75) is 13.3 Å². The molecule has 0 saturated heterocycles. The van der Waals surface area contributed by atoms with Gasteiger partial charge < -0.3 is 19.5 Å². The van der Waals surface area contributed by atoms with Crippen molar-refractivity contribution in [2.75, 3.05) is 20.1 Å². The first-order chi connectivity index (χ1) is 9.20. The lowest BCUT2D eigenvalue weighted by Crippen LogP contribution is -2.31. The predicted molar refractivity (Wildman–Crippen MR) is 84.1 cm³/mol. The van der Waals surface area contributed by atoms with Gasteiger partial charge in [-0.25, -0.2) is 4.98 Å². The molecule has 0 atom stereocenters. The number of carbonyl (C=O) groups excluding carboxylic acids is 1. The van der Waals surface area contributed by atoms with Crippen molar-refractivity contribution < 1.29 is 13.6 Å². The normalized spacial score (nSPS) is 9.62. The molecule has 0 aliphatic rings. The number of nitrogens with one attached hydrogen (secondary N) is 2. The molecule has 2 rings (SSSR count). The van der Waals surface area contributed by atoms with Gasteiger partial charge in [0.25, 0.3) is 5.89 Å². The van der Waals surface area contributed by atoms with Crippen LogP contribution in [0, 0.1) is 6.92 Å². The van der Waals surface area contributed by atoms with Crippen molar-refractivity contribution in [1.29, 1.82) is 0 Å². The van der Waals surface area contributed by atoms with Gasteiger partial charge in [-0.3, -0.25) is 4.79 Å². The molecule has 6 nitrogen and oxygen atoms in total. The molecule has 2 aromatic heterocycles. The number of hydrogen-bond acceptors (Lipinski definition) is 5. The van der Waals surface area contributed by atoms with Crippen molar-refractivity contribution in [1.82, 2.24) is 15.6 Å². The van der Waals surface area contributed by atoms with E-state index in [0.29, 0.717) is 29.6 Å². The van der Waals surface area contributed by atoms with Crippen LogP contribution in [0.15, 0.2) is 27.2 Å². The van der Waals surface area contributed by atoms with Crippen molar-refractivity contribution >= 4 is 30.7 Å². The third kappa shape index (κ3) is 5.41. The Bertz CT molecular complexity index is 541. The van der Waals surface area contributed by atoms with Crippen molar-refractivity contribution in [3.05, 3.63) is 29.9 Å². The maximum absolute atomic E-state index is 11.7. The zero-order valence-electron chi connectivity index (χ0n) is 11.8. The molecular weight excluding hydrogens is 317 g/mol. The van der Waals surface area contributed by atoms with Gasteiger partial charge in [-0.2, -0.15) is 0 Å². The Labute approximate surface area is 135 Å². The number of hydrogen-bond donors (Lipinski definition) is 2. The van der Waals surface area contributed by atoms with E-state index < -0.39 is 0 Å². The average molecular weight is 336 g/mol. The zero-order valence-corrected chi connectivity index (χ0v) is 13.5. The topological polar surface area (TPSA) is 80.3 Å². The van der Waals surface area contributed by atoms with E-state index in [9.17, 15) is 4.79 Å². The molecule has 0 aliphatic carbocycles. The summed E-state index contributed by atoms with van der Waals surface area (Å²) in [4.78, 5) is 16.0. The molecule has 118 valence electrons. The smallest absolute Gasteiger partial charge is 0.263 e. The maximum atomic E-state index is 11.7. The maximum Gasteiger partial charge on any atom is 0.263 e. The van der Waals surface area contributed by atoms with Gasteiger partial charge >= 0.3 is 0 Å². The second-order valence-electron chi connectivity index (χ2n) is 4.13. The highest BCUT2D eigenvalue weighted by molar-refractivity contribution is 5.85. The van der Waals surface area contributed by atoms with Gasteiger partial charge in [-0.05, 0) is 26.1 Å². The lowest BCUT2D eigenvalue weighted by Gasteiger charge is -2.02. The fraction of sp³-hybridized carbons (Fsp3) is 0.385. The monoisotopic (exact) mass is 335 g/mol. The highest BCUT2D eigenvalue weighted by Gasteiger charge is 2.15. The summed E-state index contributed by atoms with van der Waals surface area (Å²) in [5.41, 5.74) is 0.633. The highest BCUT2D eigenvalue weighted by atomic mass is 35.5. The second kappa shape index (κ2) is 9.44. The number of furan rings is 1. The number of nitrogens with zero attached hydrogens (tertiary/aromatic N) is 1. The Balaban J connectivity index is 0.00000200. The lowest BCUT2D eigenvalue weighted by molar-refractivity contribution is -0.120. The largest absolute Gasteiger partial charge is 0.459 e. The first kappa shape index (κ1) is 19.5. The minimum absolute atomic E-state index is 0. The highest BCUT2D eigenvalue weighted by Crippen LogP contribution is 2.22. The summed E-state index contributed by atoms with van der Waals surface area (Å²) in [6.45, 7) is 3.12. The number of aryl methyl sites for hydroxylation is 1. The van der Waals surface area contributed by atoms with Crippen LogP contribution >= 0.6 is 24.8 Å². The van der Waals surface area contributed by atoms with E-state index in [0.717, 1.165) is 6.54 Å². The Hall–Kier alpha value is -1.50. The summed E-state index contributed by atoms with van der Waals surface area (Å²) < 4.78 is 10.7. The number of amides is 1. The quantitative estimate of drug-likeness (QED) is 0.789. The fourth-order valence-electron chi connectivity index (χ4n) is 1.64. The van der Waals surface area contributed by atoms with Gasteiger partial charge in [-0.15, -0.1) is 24.8 Å². The molecule has 1 amide bonds. The van der Waals surface area contributed by atoms with Gasteiger partial charge in [0, 0.05) is 13.1 Å². The van der Waals surface area contributed by atoms with Crippen LogP contribution in [0.1, 0.15) is 11.5 Å². The third-order valence-electron chi connectivity index (χ3n) is 2.65. The van der Waals surface area contributed by atoms with Gasteiger partial charge in [0.05, 0.1) is 18.4 Å². The van der Waals surface area contributed by atoms with E-state index in [1.165, 1.54) is 0 Å². The number of carbonyl (C=O) groups is 1. The summed E-state index contributed by atoms with van der Waals surface area (Å²) in [5, 5.41) is 5.76. The Kier molecular flexibility index (Phi) is 8.76. The summed E-state index contributed by atoms with van der Waals surface area (Å²) in [6, 6.07) is 3.53. The molecule has 0 bridgehead atoms. The summed E-state index contributed by atoms with van der Waals surface area (Å²) in [5.74, 6) is 1.53. The molecule has 8 heteroatoms. The standard InChI is InChI=1S/C13H17N3O3.2ClH/c1-9-10(8-12(17)15-6-5-14-2)16-13(19-9)11-4-3-7-18-11;;/h3-4,7,14H,5-6,8H2,1-2H3,(H,15,17);2*1H. The zero-order chi connectivity index (χ0) is 13.7. The van der Waals surface area contributed by atoms with Crippen LogP contribution < -0.4 is 10.6 Å². The van der Waals surface area contributed by atoms with Crippen molar-refractivity contribution in [2.24, 2.45) is 0 Å². The number of likely N-dealkylation sites (N-methyl/N-ethyl adjacent to an activating group) is 1. The van der Waals surface area contributed by atoms with E-state index >= 15 is 0 Å². The molecule has 0 aliphatic heterocycles. The van der Waals surface area contributed by atoms with E-state index in [1.54, 1.807) is 25.3 Å². The van der Waals surface area contributed by atoms with Crippen LogP contribution in [0.25, 0.3) is 11.7 Å². The Morgan fingerprint density at radius 2 is 2.10 bits per heavy atom. The minimum Gasteiger partial charge on any atom is -0.459 e. The molecule has 0 radical (unpaired) electrons. The van der Waals surface area contributed by atoms with E-state index in [1.807, 2.05) is 7.05 Å². The molecular formula is C13H19Cl2N3O3. The molecule has 0 aromatic carbocycles. The molecule has 2 aromatic rings. The fourth-order valence-corrected chi connectivity index (χ4v) is 1.64. The lowest BCUT2D eigenvalue weighted by atomic mass is 10.2. The van der Waals surface area contributed by atoms with Gasteiger partial charge in [0.1, 0.15) is 5.76 Å². The predicted octanol–water partition coefficient (Wildman–Crippen LogP) is 1.96. The van der Waals surface area contributed by atoms with Crippen LogP contribution in [-0.4, -0.2) is 31.0 Å². The number of halogens is 2. The number of oxazole rings is 1. The SMILES string of the molecule is CNCCNC(=O)Cc1nc(-c2ccco2)oc1C.Cl.Cl. The van der Waals surface area contributed by atoms with Gasteiger partial charge in [-0.1, -0.05) is 0 Å². The second-order valence-corrected chi connectivity index (χ2v) is 4.13. The number of aromatic nitrogens is 1. The molecule has 0 unspecified atom stereocenters. The van der Waals surface area contributed by atoms with E-state index in [4.69, 9.17) is 8.83 Å². The Morgan fingerprint density at radius 1 is 1.33 bits per heavy atom. The third-order valence-corrected chi connectivity index (χ3v) is 2.65. The summed E-state index contributed by atoms with van der Waals surface area (Å²) >= 11 is 0. The summed E-state index contributed by atoms with van der Waals surface area (Å²) in [7, 11) is 1.84. The van der Waals surface area contributed by atoms with Crippen LogP contribution in [0.2, 0.25) is 0 Å². The summed E-state index contributed by atoms with van der Waals surface area (Å²) in [6.07, 6.45) is 1.76. The molecule has 21 heavy (non-hydrogen) atoms. The molecule has 2 N–H and O–H groups in total. The van der Waals surface area contributed by atoms with E-state index in [2.05, 4.69) is 15.6 Å². The minimum atomic E-state index is -0.0716. The first-order valence-electron chi connectivity index (χ1n) is 6.12. The van der Waals surface area contributed by atoms with Gasteiger partial charge in [0.15, 0.2) is 5.76 Å². The van der Waals surface area contributed by atoms with Crippen LogP contribution in [0.3, 0.4) is 0 Å². The van der Waals surface area contributed by atoms with Crippen molar-refractivity contribution in [3.8, 4) is 11.7 Å². The molecule has 0 fully saturated rings. The van der Waals surface area contributed by atoms with E-state index in [-0.39, 0.29) is 37.1 Å². The van der Waals surface area contributed by atoms with Crippen LogP contribution in [-0.2, 0) is 11.2 Å². The van der Waals surface area contributed by atoms with Crippen LogP contribution in [0.4, 0.5) is 0 Å². The van der Waals surface area contributed by atoms with Crippen LogP contribution in [0.5, 0.6) is 0 Å². The first-order valence-corrected chi connectivity index (χ1v) is 6.12. The van der Waals surface area contributed by atoms with Crippen molar-refractivity contribution in [3.63, 3.8) is 0 Å². The average Bonchev–Trinajstić information content (AvgIpc) is 3.00. The molecule has 0 saturated carbocycles. The Morgan fingerprint density at radius 3 is 2.71 bits per heavy atom. The van der Waals surface area contributed by atoms with Gasteiger partial charge in [0.2, 0.25) is 5.91 Å². The molecule has 0 spiro atoms. The molecule has 2 heterocycles. The number of rotatable bonds is 6.